The topological polar surface area (TPSA) is 79.4 Å². The number of benzene rings is 1. The fourth-order valence-corrected chi connectivity index (χ4v) is 2.62. The van der Waals surface area contributed by atoms with Gasteiger partial charge in [-0.2, -0.15) is 0 Å². The van der Waals surface area contributed by atoms with Crippen molar-refractivity contribution in [3.05, 3.63) is 53.7 Å². The lowest BCUT2D eigenvalue weighted by Crippen LogP contribution is -2.39. The van der Waals surface area contributed by atoms with Gasteiger partial charge < -0.3 is 15.4 Å². The SMILES string of the molecule is O=C(NCc1ccc(F)cc1)c1cc(NCCN2CCOCC2)ncn1. The molecule has 1 aromatic carbocycles. The Morgan fingerprint density at radius 2 is 1.96 bits per heavy atom. The van der Waals surface area contributed by atoms with E-state index in [0.717, 1.165) is 45.0 Å². The Morgan fingerprint density at radius 3 is 2.73 bits per heavy atom. The highest BCUT2D eigenvalue weighted by Crippen LogP contribution is 2.06. The minimum absolute atomic E-state index is 0.288. The van der Waals surface area contributed by atoms with E-state index >= 15 is 0 Å². The molecule has 2 N–H and O–H groups in total. The van der Waals surface area contributed by atoms with Gasteiger partial charge in [0, 0.05) is 38.8 Å². The number of hydrogen-bond donors (Lipinski definition) is 2. The molecule has 1 aromatic heterocycles. The van der Waals surface area contributed by atoms with Crippen molar-refractivity contribution in [2.24, 2.45) is 0 Å². The summed E-state index contributed by atoms with van der Waals surface area (Å²) in [5.41, 5.74) is 1.11. The van der Waals surface area contributed by atoms with Crippen LogP contribution < -0.4 is 10.6 Å². The zero-order chi connectivity index (χ0) is 18.2. The number of ether oxygens (including phenoxy) is 1. The van der Waals surface area contributed by atoms with Crippen molar-refractivity contribution >= 4 is 11.7 Å². The molecule has 3 rings (SSSR count). The maximum absolute atomic E-state index is 12.9. The molecule has 0 aliphatic carbocycles. The summed E-state index contributed by atoms with van der Waals surface area (Å²) < 4.78 is 18.2. The minimum Gasteiger partial charge on any atom is -0.379 e. The van der Waals surface area contributed by atoms with E-state index in [1.807, 2.05) is 0 Å². The van der Waals surface area contributed by atoms with Gasteiger partial charge in [-0.3, -0.25) is 9.69 Å². The average molecular weight is 359 g/mol. The van der Waals surface area contributed by atoms with Crippen molar-refractivity contribution in [2.75, 3.05) is 44.7 Å². The summed E-state index contributed by atoms with van der Waals surface area (Å²) in [5.74, 6) is 0.0109. The quantitative estimate of drug-likeness (QED) is 0.776. The monoisotopic (exact) mass is 359 g/mol. The molecular formula is C18H22FN5O2. The van der Waals surface area contributed by atoms with Crippen LogP contribution in [0.15, 0.2) is 36.7 Å². The van der Waals surface area contributed by atoms with Gasteiger partial charge in [-0.1, -0.05) is 12.1 Å². The maximum atomic E-state index is 12.9. The first-order valence-corrected chi connectivity index (χ1v) is 8.59. The molecule has 1 amide bonds. The van der Waals surface area contributed by atoms with Gasteiger partial charge in [0.1, 0.15) is 23.7 Å². The number of morpholine rings is 1. The third-order valence-corrected chi connectivity index (χ3v) is 4.10. The molecule has 1 saturated heterocycles. The number of carbonyl (C=O) groups excluding carboxylic acids is 1. The predicted octanol–water partition coefficient (Wildman–Crippen LogP) is 1.29. The van der Waals surface area contributed by atoms with Gasteiger partial charge in [0.2, 0.25) is 0 Å². The molecule has 1 aliphatic rings. The van der Waals surface area contributed by atoms with Crippen LogP contribution in [-0.4, -0.2) is 60.2 Å². The number of nitrogens with one attached hydrogen (secondary N) is 2. The van der Waals surface area contributed by atoms with E-state index in [2.05, 4.69) is 25.5 Å². The number of halogens is 1. The zero-order valence-electron chi connectivity index (χ0n) is 14.4. The number of amides is 1. The predicted molar refractivity (Wildman–Crippen MR) is 95.4 cm³/mol. The second kappa shape index (κ2) is 9.21. The Hall–Kier alpha value is -2.58. The van der Waals surface area contributed by atoms with Crippen LogP contribution in [0.25, 0.3) is 0 Å². The molecular weight excluding hydrogens is 337 g/mol. The summed E-state index contributed by atoms with van der Waals surface area (Å²) in [5, 5.41) is 5.98. The number of anilines is 1. The number of aromatic nitrogens is 2. The van der Waals surface area contributed by atoms with Crippen molar-refractivity contribution in [1.82, 2.24) is 20.2 Å². The van der Waals surface area contributed by atoms with Crippen LogP contribution in [-0.2, 0) is 11.3 Å². The average Bonchev–Trinajstić information content (AvgIpc) is 2.68. The van der Waals surface area contributed by atoms with Crippen LogP contribution in [0.5, 0.6) is 0 Å². The van der Waals surface area contributed by atoms with E-state index in [9.17, 15) is 9.18 Å². The molecule has 26 heavy (non-hydrogen) atoms. The van der Waals surface area contributed by atoms with E-state index in [1.165, 1.54) is 18.5 Å². The number of hydrogen-bond acceptors (Lipinski definition) is 6. The van der Waals surface area contributed by atoms with Gasteiger partial charge in [-0.05, 0) is 17.7 Å². The molecule has 1 aliphatic heterocycles. The normalized spacial score (nSPS) is 14.8. The summed E-state index contributed by atoms with van der Waals surface area (Å²) in [7, 11) is 0. The Balaban J connectivity index is 1.47. The maximum Gasteiger partial charge on any atom is 0.270 e. The van der Waals surface area contributed by atoms with Crippen molar-refractivity contribution in [1.29, 1.82) is 0 Å². The Bertz CT molecular complexity index is 720. The van der Waals surface area contributed by atoms with Crippen molar-refractivity contribution in [2.45, 2.75) is 6.54 Å². The molecule has 7 nitrogen and oxygen atoms in total. The number of nitrogens with zero attached hydrogens (tertiary/aromatic N) is 3. The van der Waals surface area contributed by atoms with E-state index in [0.29, 0.717) is 12.4 Å². The molecule has 2 heterocycles. The molecule has 0 atom stereocenters. The van der Waals surface area contributed by atoms with Crippen LogP contribution in [0.1, 0.15) is 16.1 Å². The largest absolute Gasteiger partial charge is 0.379 e. The minimum atomic E-state index is -0.302. The van der Waals surface area contributed by atoms with Crippen molar-refractivity contribution in [3.8, 4) is 0 Å². The smallest absolute Gasteiger partial charge is 0.270 e. The Labute approximate surface area is 151 Å². The first kappa shape index (κ1) is 18.2. The van der Waals surface area contributed by atoms with Gasteiger partial charge in [0.05, 0.1) is 13.2 Å². The van der Waals surface area contributed by atoms with E-state index in [-0.39, 0.29) is 17.4 Å². The lowest BCUT2D eigenvalue weighted by Gasteiger charge is -2.26. The fourth-order valence-electron chi connectivity index (χ4n) is 2.62. The first-order chi connectivity index (χ1) is 12.7. The Morgan fingerprint density at radius 1 is 1.19 bits per heavy atom. The van der Waals surface area contributed by atoms with Crippen molar-refractivity contribution in [3.63, 3.8) is 0 Å². The highest BCUT2D eigenvalue weighted by Gasteiger charge is 2.11. The molecule has 0 radical (unpaired) electrons. The van der Waals surface area contributed by atoms with E-state index in [1.54, 1.807) is 18.2 Å². The molecule has 0 spiro atoms. The van der Waals surface area contributed by atoms with Gasteiger partial charge >= 0.3 is 0 Å². The van der Waals surface area contributed by atoms with Crippen LogP contribution in [0.2, 0.25) is 0 Å². The van der Waals surface area contributed by atoms with Gasteiger partial charge in [-0.15, -0.1) is 0 Å². The molecule has 0 unspecified atom stereocenters. The van der Waals surface area contributed by atoms with Crippen molar-refractivity contribution < 1.29 is 13.9 Å². The van der Waals surface area contributed by atoms with Crippen LogP contribution >= 0.6 is 0 Å². The molecule has 0 saturated carbocycles. The summed E-state index contributed by atoms with van der Waals surface area (Å²) in [6.07, 6.45) is 1.36. The second-order valence-electron chi connectivity index (χ2n) is 5.98. The van der Waals surface area contributed by atoms with Crippen LogP contribution in [0, 0.1) is 5.82 Å². The molecule has 1 fully saturated rings. The third kappa shape index (κ3) is 5.47. The van der Waals surface area contributed by atoms with Gasteiger partial charge in [-0.25, -0.2) is 14.4 Å². The number of carbonyl (C=O) groups is 1. The standard InChI is InChI=1S/C18H22FN5O2/c19-15-3-1-14(2-4-15)12-21-18(25)16-11-17(23-13-22-16)20-5-6-24-7-9-26-10-8-24/h1-4,11,13H,5-10,12H2,(H,21,25)(H,20,22,23). The zero-order valence-corrected chi connectivity index (χ0v) is 14.4. The van der Waals surface area contributed by atoms with Crippen LogP contribution in [0.3, 0.4) is 0 Å². The molecule has 8 heteroatoms. The molecule has 138 valence electrons. The van der Waals surface area contributed by atoms with Gasteiger partial charge in [0.15, 0.2) is 0 Å². The Kier molecular flexibility index (Phi) is 6.45. The van der Waals surface area contributed by atoms with Gasteiger partial charge in [0.25, 0.3) is 5.91 Å². The lowest BCUT2D eigenvalue weighted by atomic mass is 10.2. The van der Waals surface area contributed by atoms with Crippen LogP contribution in [0.4, 0.5) is 10.2 Å². The third-order valence-electron chi connectivity index (χ3n) is 4.10. The first-order valence-electron chi connectivity index (χ1n) is 8.59. The highest BCUT2D eigenvalue weighted by molar-refractivity contribution is 5.92. The number of rotatable bonds is 7. The molecule has 2 aromatic rings. The summed E-state index contributed by atoms with van der Waals surface area (Å²) in [6, 6.07) is 7.62. The summed E-state index contributed by atoms with van der Waals surface area (Å²) >= 11 is 0. The second-order valence-corrected chi connectivity index (χ2v) is 5.98. The van der Waals surface area contributed by atoms with E-state index < -0.39 is 0 Å². The summed E-state index contributed by atoms with van der Waals surface area (Å²) in [6.45, 7) is 5.33. The molecule has 0 bridgehead atoms. The summed E-state index contributed by atoms with van der Waals surface area (Å²) in [4.78, 5) is 22.7. The highest BCUT2D eigenvalue weighted by atomic mass is 19.1. The lowest BCUT2D eigenvalue weighted by molar-refractivity contribution is 0.0398. The van der Waals surface area contributed by atoms with E-state index in [4.69, 9.17) is 4.74 Å². The fraction of sp³-hybridized carbons (Fsp3) is 0.389.